The quantitative estimate of drug-likeness (QED) is 0.378. The van der Waals surface area contributed by atoms with Gasteiger partial charge in [-0.3, -0.25) is 15.1 Å². The van der Waals surface area contributed by atoms with Crippen LogP contribution in [0.2, 0.25) is 0 Å². The van der Waals surface area contributed by atoms with Crippen LogP contribution in [0.25, 0.3) is 0 Å². The number of benzene rings is 1. The summed E-state index contributed by atoms with van der Waals surface area (Å²) in [5.74, 6) is 1.86. The smallest absolute Gasteiger partial charge is 0.274 e. The van der Waals surface area contributed by atoms with Gasteiger partial charge in [0.15, 0.2) is 5.96 Å². The maximum atomic E-state index is 11.0. The van der Waals surface area contributed by atoms with E-state index in [0.29, 0.717) is 30.5 Å². The minimum atomic E-state index is -0.397. The van der Waals surface area contributed by atoms with Gasteiger partial charge in [-0.15, -0.1) is 0 Å². The van der Waals surface area contributed by atoms with Crippen LogP contribution >= 0.6 is 0 Å². The van der Waals surface area contributed by atoms with E-state index in [2.05, 4.69) is 20.6 Å². The number of aryl methyl sites for hydroxylation is 2. The molecular weight excluding hydrogens is 298 g/mol. The first-order valence-corrected chi connectivity index (χ1v) is 7.11. The maximum Gasteiger partial charge on any atom is 0.274 e. The zero-order valence-corrected chi connectivity index (χ0v) is 13.3. The Labute approximate surface area is 133 Å². The fourth-order valence-corrected chi connectivity index (χ4v) is 2.01. The zero-order chi connectivity index (χ0) is 16.8. The Bertz CT molecular complexity index is 704. The number of aliphatic imine (C=N–C) groups is 1. The van der Waals surface area contributed by atoms with Crippen LogP contribution < -0.4 is 10.6 Å². The van der Waals surface area contributed by atoms with Crippen molar-refractivity contribution in [1.29, 1.82) is 0 Å². The molecule has 0 aliphatic heterocycles. The van der Waals surface area contributed by atoms with Crippen LogP contribution in [-0.2, 0) is 13.1 Å². The van der Waals surface area contributed by atoms with E-state index >= 15 is 0 Å². The van der Waals surface area contributed by atoms with Gasteiger partial charge in [-0.2, -0.15) is 0 Å². The average Bonchev–Trinajstić information content (AvgIpc) is 2.86. The lowest BCUT2D eigenvalue weighted by Crippen LogP contribution is -2.36. The van der Waals surface area contributed by atoms with Crippen molar-refractivity contribution in [1.82, 2.24) is 15.6 Å². The number of nitrogens with zero attached hydrogens (tertiary/aromatic N) is 3. The van der Waals surface area contributed by atoms with Gasteiger partial charge in [-0.05, 0) is 13.8 Å². The maximum absolute atomic E-state index is 11.0. The van der Waals surface area contributed by atoms with E-state index in [4.69, 9.17) is 4.42 Å². The monoisotopic (exact) mass is 317 g/mol. The molecule has 0 radical (unpaired) electrons. The van der Waals surface area contributed by atoms with Gasteiger partial charge in [-0.25, -0.2) is 4.98 Å². The summed E-state index contributed by atoms with van der Waals surface area (Å²) in [5.41, 5.74) is 1.52. The normalized spacial score (nSPS) is 11.3. The van der Waals surface area contributed by atoms with E-state index in [9.17, 15) is 10.1 Å². The molecule has 1 aromatic heterocycles. The lowest BCUT2D eigenvalue weighted by molar-refractivity contribution is -0.385. The standard InChI is InChI=1S/C15H19N5O3/c1-10-11(2)23-14(19-10)9-18-15(16-3)17-8-12-6-4-5-7-13(12)20(21)22/h4-7H,8-9H2,1-3H3,(H2,16,17,18). The number of para-hydroxylation sites is 1. The third kappa shape index (κ3) is 4.29. The molecule has 0 atom stereocenters. The predicted molar refractivity (Wildman–Crippen MR) is 86.1 cm³/mol. The van der Waals surface area contributed by atoms with Gasteiger partial charge in [0.25, 0.3) is 5.69 Å². The highest BCUT2D eigenvalue weighted by Gasteiger charge is 2.12. The van der Waals surface area contributed by atoms with Gasteiger partial charge >= 0.3 is 0 Å². The number of nitro benzene ring substituents is 1. The predicted octanol–water partition coefficient (Wildman–Crippen LogP) is 2.06. The van der Waals surface area contributed by atoms with Crippen molar-refractivity contribution in [2.24, 2.45) is 4.99 Å². The number of aromatic nitrogens is 1. The van der Waals surface area contributed by atoms with E-state index in [1.807, 2.05) is 13.8 Å². The fourth-order valence-electron chi connectivity index (χ4n) is 2.01. The number of hydrogen-bond donors (Lipinski definition) is 2. The van der Waals surface area contributed by atoms with Crippen molar-refractivity contribution < 1.29 is 9.34 Å². The molecule has 1 aromatic carbocycles. The Hall–Kier alpha value is -2.90. The van der Waals surface area contributed by atoms with Gasteiger partial charge in [0.2, 0.25) is 5.89 Å². The van der Waals surface area contributed by atoms with Gasteiger partial charge in [0.05, 0.1) is 17.2 Å². The average molecular weight is 317 g/mol. The Morgan fingerprint density at radius 2 is 2.00 bits per heavy atom. The second kappa shape index (κ2) is 7.39. The van der Waals surface area contributed by atoms with Crippen molar-refractivity contribution in [3.8, 4) is 0 Å². The summed E-state index contributed by atoms with van der Waals surface area (Å²) in [6, 6.07) is 6.59. The summed E-state index contributed by atoms with van der Waals surface area (Å²) in [7, 11) is 1.63. The molecule has 8 heteroatoms. The van der Waals surface area contributed by atoms with Crippen LogP contribution in [0.4, 0.5) is 5.69 Å². The SMILES string of the molecule is CN=C(NCc1nc(C)c(C)o1)NCc1ccccc1[N+](=O)[O-]. The lowest BCUT2D eigenvalue weighted by atomic mass is 10.2. The first-order valence-electron chi connectivity index (χ1n) is 7.11. The Kier molecular flexibility index (Phi) is 5.29. The highest BCUT2D eigenvalue weighted by Crippen LogP contribution is 2.17. The molecule has 2 rings (SSSR count). The molecule has 0 unspecified atom stereocenters. The topological polar surface area (TPSA) is 106 Å². The Morgan fingerprint density at radius 3 is 2.61 bits per heavy atom. The molecule has 2 N–H and O–H groups in total. The lowest BCUT2D eigenvalue weighted by Gasteiger charge is -2.10. The Balaban J connectivity index is 1.94. The molecule has 1 heterocycles. The van der Waals surface area contributed by atoms with E-state index in [1.54, 1.807) is 25.2 Å². The third-order valence-corrected chi connectivity index (χ3v) is 3.34. The van der Waals surface area contributed by atoms with Gasteiger partial charge in [-0.1, -0.05) is 18.2 Å². The summed E-state index contributed by atoms with van der Waals surface area (Å²) in [6.07, 6.45) is 0. The first kappa shape index (κ1) is 16.5. The van der Waals surface area contributed by atoms with Crippen LogP contribution in [0.5, 0.6) is 0 Å². The third-order valence-electron chi connectivity index (χ3n) is 3.34. The van der Waals surface area contributed by atoms with Crippen LogP contribution in [0, 0.1) is 24.0 Å². The summed E-state index contributed by atoms with van der Waals surface area (Å²) >= 11 is 0. The van der Waals surface area contributed by atoms with Crippen LogP contribution in [-0.4, -0.2) is 22.9 Å². The van der Waals surface area contributed by atoms with Crippen molar-refractivity contribution >= 4 is 11.6 Å². The summed E-state index contributed by atoms with van der Waals surface area (Å²) in [4.78, 5) is 18.9. The van der Waals surface area contributed by atoms with E-state index in [-0.39, 0.29) is 5.69 Å². The van der Waals surface area contributed by atoms with Crippen molar-refractivity contribution in [2.75, 3.05) is 7.05 Å². The molecule has 23 heavy (non-hydrogen) atoms. The number of nitro groups is 1. The number of nitrogens with one attached hydrogen (secondary N) is 2. The minimum absolute atomic E-state index is 0.0782. The number of hydrogen-bond acceptors (Lipinski definition) is 5. The molecule has 8 nitrogen and oxygen atoms in total. The summed E-state index contributed by atoms with van der Waals surface area (Å²) in [6.45, 7) is 4.41. The highest BCUT2D eigenvalue weighted by atomic mass is 16.6. The van der Waals surface area contributed by atoms with Crippen molar-refractivity contribution in [3.05, 3.63) is 57.3 Å². The van der Waals surface area contributed by atoms with Gasteiger partial charge in [0.1, 0.15) is 5.76 Å². The zero-order valence-electron chi connectivity index (χ0n) is 13.3. The Morgan fingerprint density at radius 1 is 1.30 bits per heavy atom. The second-order valence-electron chi connectivity index (χ2n) is 4.91. The molecule has 0 fully saturated rings. The molecular formula is C15H19N5O3. The second-order valence-corrected chi connectivity index (χ2v) is 4.91. The van der Waals surface area contributed by atoms with Crippen molar-refractivity contribution in [2.45, 2.75) is 26.9 Å². The number of guanidine groups is 1. The highest BCUT2D eigenvalue weighted by molar-refractivity contribution is 5.79. The molecule has 122 valence electrons. The van der Waals surface area contributed by atoms with E-state index in [1.165, 1.54) is 6.07 Å². The molecule has 0 saturated heterocycles. The molecule has 2 aromatic rings. The molecule has 0 aliphatic carbocycles. The summed E-state index contributed by atoms with van der Waals surface area (Å²) in [5, 5.41) is 17.1. The number of rotatable bonds is 5. The van der Waals surface area contributed by atoms with Gasteiger partial charge < -0.3 is 15.1 Å². The van der Waals surface area contributed by atoms with Gasteiger partial charge in [0, 0.05) is 25.2 Å². The first-order chi connectivity index (χ1) is 11.0. The molecule has 0 amide bonds. The van der Waals surface area contributed by atoms with E-state index in [0.717, 1.165) is 11.5 Å². The largest absolute Gasteiger partial charge is 0.444 e. The minimum Gasteiger partial charge on any atom is -0.444 e. The molecule has 0 bridgehead atoms. The molecule has 0 saturated carbocycles. The van der Waals surface area contributed by atoms with Crippen LogP contribution in [0.3, 0.4) is 0 Å². The molecule has 0 spiro atoms. The molecule has 0 aliphatic rings. The van der Waals surface area contributed by atoms with Crippen molar-refractivity contribution in [3.63, 3.8) is 0 Å². The van der Waals surface area contributed by atoms with E-state index < -0.39 is 4.92 Å². The van der Waals surface area contributed by atoms with Crippen LogP contribution in [0.1, 0.15) is 22.9 Å². The fraction of sp³-hybridized carbons (Fsp3) is 0.333. The summed E-state index contributed by atoms with van der Waals surface area (Å²) < 4.78 is 5.48. The number of oxazole rings is 1. The van der Waals surface area contributed by atoms with Crippen LogP contribution in [0.15, 0.2) is 33.7 Å².